The number of carbonyl (C=O) groups is 2. The van der Waals surface area contributed by atoms with E-state index in [9.17, 15) is 43.8 Å². The Morgan fingerprint density at radius 1 is 0.419 bits per heavy atom. The second-order valence-electron chi connectivity index (χ2n) is 15.8. The van der Waals surface area contributed by atoms with Gasteiger partial charge in [0.05, 0.1) is 26.4 Å². The quantitative estimate of drug-likeness (QED) is 0.0126. The van der Waals surface area contributed by atoms with E-state index in [2.05, 4.69) is 68.4 Å². The molecule has 0 aromatic carbocycles. The Morgan fingerprint density at radius 2 is 0.694 bits per heavy atom. The first-order valence-electron chi connectivity index (χ1n) is 23.4. The lowest BCUT2D eigenvalue weighted by Gasteiger charge is -2.19. The van der Waals surface area contributed by atoms with Crippen LogP contribution >= 0.6 is 15.6 Å². The largest absolute Gasteiger partial charge is 0.472 e. The number of esters is 2. The molecule has 364 valence electrons. The number of rotatable bonds is 45. The summed E-state index contributed by atoms with van der Waals surface area (Å²) in [5.41, 5.74) is 0. The molecule has 0 rings (SSSR count). The van der Waals surface area contributed by atoms with Crippen molar-refractivity contribution in [1.29, 1.82) is 0 Å². The van der Waals surface area contributed by atoms with Crippen LogP contribution in [0.5, 0.6) is 0 Å². The summed E-state index contributed by atoms with van der Waals surface area (Å²) < 4.78 is 52.9. The molecule has 17 heteroatoms. The van der Waals surface area contributed by atoms with Crippen LogP contribution in [0.25, 0.3) is 0 Å². The Hall–Kier alpha value is -1.74. The van der Waals surface area contributed by atoms with Gasteiger partial charge >= 0.3 is 27.6 Å². The average molecular weight is 927 g/mol. The van der Waals surface area contributed by atoms with Crippen LogP contribution in [0, 0.1) is 0 Å². The van der Waals surface area contributed by atoms with Gasteiger partial charge in [-0.15, -0.1) is 0 Å². The Morgan fingerprint density at radius 3 is 1.06 bits per heavy atom. The molecule has 0 saturated carbocycles. The minimum atomic E-state index is -4.78. The SMILES string of the molecule is CCCCC/C=C/C=C/CCCCCCCCC(=O)OCC(O)COP(=O)(O)OCC(O)COP(=O)(O)OCC(O)COC(=O)CCCCCCCCC/C=C\CCCCCC. The lowest BCUT2D eigenvalue weighted by molar-refractivity contribution is -0.148. The van der Waals surface area contributed by atoms with E-state index in [0.717, 1.165) is 77.0 Å². The van der Waals surface area contributed by atoms with E-state index >= 15 is 0 Å². The molecule has 15 nitrogen and oxygen atoms in total. The fraction of sp³-hybridized carbons (Fsp3) is 0.822. The number of phosphoric acid groups is 2. The van der Waals surface area contributed by atoms with E-state index < -0.39 is 85.5 Å². The molecule has 0 aliphatic carbocycles. The minimum Gasteiger partial charge on any atom is -0.463 e. The summed E-state index contributed by atoms with van der Waals surface area (Å²) in [6.07, 6.45) is 35.6. The van der Waals surface area contributed by atoms with Crippen molar-refractivity contribution in [1.82, 2.24) is 0 Å². The molecule has 0 aromatic rings. The van der Waals surface area contributed by atoms with Crippen LogP contribution in [-0.4, -0.2) is 95.0 Å². The highest BCUT2D eigenvalue weighted by atomic mass is 31.2. The maximum absolute atomic E-state index is 12.1. The Balaban J connectivity index is 3.91. The third-order valence-corrected chi connectivity index (χ3v) is 11.5. The number of hydrogen-bond acceptors (Lipinski definition) is 13. The molecule has 0 saturated heterocycles. The van der Waals surface area contributed by atoms with E-state index in [1.54, 1.807) is 0 Å². The van der Waals surface area contributed by atoms with E-state index in [1.165, 1.54) is 64.2 Å². The topological polar surface area (TPSA) is 225 Å². The maximum atomic E-state index is 12.1. The summed E-state index contributed by atoms with van der Waals surface area (Å²) in [6, 6.07) is 0. The fourth-order valence-corrected chi connectivity index (χ4v) is 7.49. The molecule has 0 fully saturated rings. The van der Waals surface area contributed by atoms with Gasteiger partial charge in [-0.3, -0.25) is 27.7 Å². The van der Waals surface area contributed by atoms with Crippen molar-refractivity contribution in [3.63, 3.8) is 0 Å². The Kier molecular flexibility index (Phi) is 40.8. The van der Waals surface area contributed by atoms with E-state index in [1.807, 2.05) is 0 Å². The van der Waals surface area contributed by atoms with Crippen molar-refractivity contribution < 1.29 is 71.4 Å². The van der Waals surface area contributed by atoms with Crippen LogP contribution in [0.1, 0.15) is 181 Å². The van der Waals surface area contributed by atoms with Crippen LogP contribution in [0.3, 0.4) is 0 Å². The van der Waals surface area contributed by atoms with E-state index in [-0.39, 0.29) is 12.8 Å². The van der Waals surface area contributed by atoms with Gasteiger partial charge in [0.1, 0.15) is 31.5 Å². The molecule has 5 atom stereocenters. The number of ether oxygens (including phenoxy) is 2. The lowest BCUT2D eigenvalue weighted by Crippen LogP contribution is -2.25. The standard InChI is InChI=1S/C45H84O15P2/c1-3-5-7-9-11-13-15-17-19-21-23-25-27-29-31-33-44(49)55-35-41(46)37-57-61(51,52)59-39-43(48)40-60-62(53,54)58-38-42(47)36-56-45(50)34-32-30-28-26-24-22-20-18-16-14-12-10-8-6-4-2/h11,13-17,41-43,46-48H,3-10,12,18-40H2,1-2H3,(H,51,52)(H,53,54)/b13-11+,16-14-,17-15+. The highest BCUT2D eigenvalue weighted by Crippen LogP contribution is 2.45. The van der Waals surface area contributed by atoms with Gasteiger partial charge in [0.2, 0.25) is 0 Å². The molecule has 0 heterocycles. The van der Waals surface area contributed by atoms with E-state index in [0.29, 0.717) is 12.8 Å². The average Bonchev–Trinajstić information content (AvgIpc) is 3.24. The molecule has 0 aliphatic rings. The molecule has 62 heavy (non-hydrogen) atoms. The van der Waals surface area contributed by atoms with Gasteiger partial charge in [0, 0.05) is 12.8 Å². The second kappa shape index (κ2) is 41.9. The molecular formula is C45H84O15P2. The summed E-state index contributed by atoms with van der Waals surface area (Å²) in [4.78, 5) is 43.7. The van der Waals surface area contributed by atoms with Crippen molar-refractivity contribution in [2.75, 3.05) is 39.6 Å². The number of phosphoric ester groups is 2. The number of aliphatic hydroxyl groups is 3. The first-order chi connectivity index (χ1) is 29.8. The Labute approximate surface area is 373 Å². The molecule has 0 spiro atoms. The lowest BCUT2D eigenvalue weighted by atomic mass is 10.1. The van der Waals surface area contributed by atoms with Gasteiger partial charge in [-0.05, 0) is 64.2 Å². The third-order valence-electron chi connectivity index (χ3n) is 9.60. The summed E-state index contributed by atoms with van der Waals surface area (Å²) in [7, 11) is -9.57. The number of aliphatic hydroxyl groups excluding tert-OH is 3. The highest BCUT2D eigenvalue weighted by molar-refractivity contribution is 7.47. The van der Waals surface area contributed by atoms with Gasteiger partial charge < -0.3 is 34.6 Å². The van der Waals surface area contributed by atoms with E-state index in [4.69, 9.17) is 9.47 Å². The molecule has 0 aromatic heterocycles. The monoisotopic (exact) mass is 927 g/mol. The predicted octanol–water partition coefficient (Wildman–Crippen LogP) is 10.3. The normalized spacial score (nSPS) is 15.5. The van der Waals surface area contributed by atoms with Crippen LogP contribution < -0.4 is 0 Å². The van der Waals surface area contributed by atoms with Gasteiger partial charge in [-0.25, -0.2) is 9.13 Å². The first-order valence-corrected chi connectivity index (χ1v) is 26.3. The molecule has 5 unspecified atom stereocenters. The van der Waals surface area contributed by atoms with Crippen molar-refractivity contribution >= 4 is 27.6 Å². The first kappa shape index (κ1) is 60.3. The smallest absolute Gasteiger partial charge is 0.463 e. The highest BCUT2D eigenvalue weighted by Gasteiger charge is 2.28. The molecule has 0 radical (unpaired) electrons. The number of unbranched alkanes of at least 4 members (excludes halogenated alkanes) is 20. The molecular weight excluding hydrogens is 842 g/mol. The van der Waals surface area contributed by atoms with Crippen LogP contribution in [0.15, 0.2) is 36.5 Å². The van der Waals surface area contributed by atoms with Crippen molar-refractivity contribution in [3.05, 3.63) is 36.5 Å². The van der Waals surface area contributed by atoms with Gasteiger partial charge in [-0.2, -0.15) is 0 Å². The number of hydrogen-bond donors (Lipinski definition) is 5. The van der Waals surface area contributed by atoms with Gasteiger partial charge in [-0.1, -0.05) is 140 Å². The summed E-state index contributed by atoms with van der Waals surface area (Å²) in [5, 5.41) is 30.0. The van der Waals surface area contributed by atoms with Crippen LogP contribution in [0.2, 0.25) is 0 Å². The Bertz CT molecular complexity index is 1260. The zero-order valence-electron chi connectivity index (χ0n) is 38.0. The fourth-order valence-electron chi connectivity index (χ4n) is 5.90. The van der Waals surface area contributed by atoms with Gasteiger partial charge in [0.15, 0.2) is 0 Å². The number of carbonyl (C=O) groups excluding carboxylic acids is 2. The molecule has 0 aliphatic heterocycles. The minimum absolute atomic E-state index is 0.183. The molecule has 0 bridgehead atoms. The summed E-state index contributed by atoms with van der Waals surface area (Å²) >= 11 is 0. The molecule has 5 N–H and O–H groups in total. The van der Waals surface area contributed by atoms with Crippen molar-refractivity contribution in [3.8, 4) is 0 Å². The second-order valence-corrected chi connectivity index (χ2v) is 18.7. The zero-order valence-corrected chi connectivity index (χ0v) is 39.8. The third kappa shape index (κ3) is 43.5. The predicted molar refractivity (Wildman–Crippen MR) is 242 cm³/mol. The maximum Gasteiger partial charge on any atom is 0.472 e. The van der Waals surface area contributed by atoms with Gasteiger partial charge in [0.25, 0.3) is 0 Å². The van der Waals surface area contributed by atoms with Crippen LogP contribution in [-0.2, 0) is 46.3 Å². The number of allylic oxidation sites excluding steroid dienone is 6. The van der Waals surface area contributed by atoms with Crippen molar-refractivity contribution in [2.45, 2.75) is 199 Å². The van der Waals surface area contributed by atoms with Crippen molar-refractivity contribution in [2.24, 2.45) is 0 Å². The van der Waals surface area contributed by atoms with Crippen LogP contribution in [0.4, 0.5) is 0 Å². The summed E-state index contributed by atoms with van der Waals surface area (Å²) in [6.45, 7) is 0.359. The summed E-state index contributed by atoms with van der Waals surface area (Å²) in [5.74, 6) is -1.01. The zero-order chi connectivity index (χ0) is 46.0. The molecule has 0 amide bonds.